The van der Waals surface area contributed by atoms with Crippen molar-refractivity contribution < 1.29 is 5.11 Å². The van der Waals surface area contributed by atoms with Crippen molar-refractivity contribution in [2.45, 2.75) is 13.0 Å². The molecule has 0 aliphatic carbocycles. The van der Waals surface area contributed by atoms with Crippen LogP contribution in [0.15, 0.2) is 40.6 Å². The van der Waals surface area contributed by atoms with E-state index in [0.717, 1.165) is 29.1 Å². The molecule has 1 aliphatic rings. The molecule has 1 aromatic carbocycles. The van der Waals surface area contributed by atoms with Crippen LogP contribution >= 0.6 is 12.2 Å². The lowest BCUT2D eigenvalue weighted by atomic mass is 10.1. The van der Waals surface area contributed by atoms with E-state index in [2.05, 4.69) is 16.6 Å². The van der Waals surface area contributed by atoms with Gasteiger partial charge in [-0.15, -0.1) is 6.58 Å². The Morgan fingerprint density at radius 3 is 3.09 bits per heavy atom. The maximum Gasteiger partial charge on any atom is 0.262 e. The molecule has 0 radical (unpaired) electrons. The minimum Gasteiger partial charge on any atom is -0.494 e. The number of nitrogens with one attached hydrogen (secondary N) is 1. The van der Waals surface area contributed by atoms with Crippen molar-refractivity contribution in [1.82, 2.24) is 9.55 Å². The van der Waals surface area contributed by atoms with Crippen LogP contribution in [-0.2, 0) is 13.0 Å². The van der Waals surface area contributed by atoms with Crippen LogP contribution in [0.25, 0.3) is 6.08 Å². The van der Waals surface area contributed by atoms with Crippen molar-refractivity contribution >= 4 is 18.3 Å². The molecule has 3 rings (SSSR count). The molecule has 0 amide bonds. The lowest BCUT2D eigenvalue weighted by Gasteiger charge is -2.08. The zero-order valence-electron chi connectivity index (χ0n) is 11.9. The first-order chi connectivity index (χ1) is 10.6. The zero-order valence-corrected chi connectivity index (χ0v) is 12.7. The van der Waals surface area contributed by atoms with Gasteiger partial charge in [0.1, 0.15) is 5.56 Å². The van der Waals surface area contributed by atoms with Gasteiger partial charge < -0.3 is 5.11 Å². The zero-order chi connectivity index (χ0) is 15.7. The largest absolute Gasteiger partial charge is 0.494 e. The summed E-state index contributed by atoms with van der Waals surface area (Å²) in [5.41, 5.74) is 0.910. The molecule has 0 bridgehead atoms. The summed E-state index contributed by atoms with van der Waals surface area (Å²) in [6.07, 6.45) is 4.16. The highest BCUT2D eigenvalue weighted by Gasteiger charge is 2.11. The summed E-state index contributed by atoms with van der Waals surface area (Å²) in [7, 11) is 0. The minimum atomic E-state index is -0.418. The topological polar surface area (TPSA) is 70.4 Å². The van der Waals surface area contributed by atoms with Gasteiger partial charge in [0.2, 0.25) is 5.88 Å². The molecule has 2 heterocycles. The Morgan fingerprint density at radius 2 is 2.32 bits per heavy atom. The minimum absolute atomic E-state index is 0.163. The van der Waals surface area contributed by atoms with E-state index in [1.54, 1.807) is 12.2 Å². The Balaban J connectivity index is 2.31. The Labute approximate surface area is 131 Å². The van der Waals surface area contributed by atoms with Gasteiger partial charge in [0.25, 0.3) is 5.56 Å². The van der Waals surface area contributed by atoms with Gasteiger partial charge in [-0.05, 0) is 30.3 Å². The smallest absolute Gasteiger partial charge is 0.262 e. The van der Waals surface area contributed by atoms with Crippen molar-refractivity contribution in [3.63, 3.8) is 0 Å². The van der Waals surface area contributed by atoms with E-state index in [9.17, 15) is 9.90 Å². The summed E-state index contributed by atoms with van der Waals surface area (Å²) < 4.78 is 1.60. The molecule has 2 N–H and O–H groups in total. The lowest BCUT2D eigenvalue weighted by molar-refractivity contribution is 0.412. The van der Waals surface area contributed by atoms with Crippen LogP contribution < -0.4 is 16.1 Å². The molecular weight excluding hydrogens is 298 g/mol. The van der Waals surface area contributed by atoms with E-state index in [0.29, 0.717) is 6.54 Å². The molecule has 0 saturated carbocycles. The molecule has 0 spiro atoms. The van der Waals surface area contributed by atoms with E-state index in [4.69, 9.17) is 12.2 Å². The fourth-order valence-electron chi connectivity index (χ4n) is 2.57. The second-order valence-corrected chi connectivity index (χ2v) is 5.41. The number of nitrogens with zero attached hydrogens (tertiary/aromatic N) is 2. The molecule has 1 aromatic heterocycles. The number of hydrogen-bond donors (Lipinski definition) is 2. The molecule has 5 nitrogen and oxygen atoms in total. The Kier molecular flexibility index (Phi) is 3.77. The average molecular weight is 313 g/mol. The van der Waals surface area contributed by atoms with Crippen LogP contribution in [-0.4, -0.2) is 21.2 Å². The van der Waals surface area contributed by atoms with E-state index in [1.165, 1.54) is 4.57 Å². The van der Waals surface area contributed by atoms with Gasteiger partial charge in [-0.3, -0.25) is 19.3 Å². The number of para-hydroxylation sites is 1. The Morgan fingerprint density at radius 1 is 1.50 bits per heavy atom. The first-order valence-corrected chi connectivity index (χ1v) is 7.33. The van der Waals surface area contributed by atoms with E-state index in [1.807, 2.05) is 18.2 Å². The maximum atomic E-state index is 12.1. The van der Waals surface area contributed by atoms with E-state index in [-0.39, 0.29) is 16.2 Å². The molecular formula is C16H15N3O2S. The second-order valence-electron chi connectivity index (χ2n) is 5.03. The summed E-state index contributed by atoms with van der Waals surface area (Å²) in [4.78, 5) is 19.2. The molecule has 6 heteroatoms. The molecule has 1 aliphatic heterocycles. The summed E-state index contributed by atoms with van der Waals surface area (Å²) in [6.45, 7) is 4.70. The fourth-order valence-corrected chi connectivity index (χ4v) is 2.82. The highest BCUT2D eigenvalue weighted by Crippen LogP contribution is 2.13. The van der Waals surface area contributed by atoms with Crippen LogP contribution in [0, 0.1) is 4.77 Å². The van der Waals surface area contributed by atoms with Crippen molar-refractivity contribution in [3.05, 3.63) is 67.7 Å². The number of H-pyrrole nitrogens is 1. The van der Waals surface area contributed by atoms with Crippen LogP contribution in [0.1, 0.15) is 11.1 Å². The molecule has 112 valence electrons. The van der Waals surface area contributed by atoms with Gasteiger partial charge in [-0.25, -0.2) is 0 Å². The lowest BCUT2D eigenvalue weighted by Crippen LogP contribution is -2.27. The van der Waals surface area contributed by atoms with Crippen molar-refractivity contribution in [3.8, 4) is 5.88 Å². The summed E-state index contributed by atoms with van der Waals surface area (Å²) in [5, 5.41) is 12.1. The number of allylic oxidation sites excluding steroid dienone is 1. The van der Waals surface area contributed by atoms with Gasteiger partial charge in [-0.1, -0.05) is 24.3 Å². The molecule has 0 atom stereocenters. The highest BCUT2D eigenvalue weighted by molar-refractivity contribution is 7.71. The number of rotatable bonds is 3. The molecule has 22 heavy (non-hydrogen) atoms. The van der Waals surface area contributed by atoms with Gasteiger partial charge in [0.05, 0.1) is 5.36 Å². The third kappa shape index (κ3) is 2.42. The molecule has 2 aromatic rings. The number of aromatic nitrogens is 2. The van der Waals surface area contributed by atoms with Gasteiger partial charge >= 0.3 is 0 Å². The summed E-state index contributed by atoms with van der Waals surface area (Å²) in [6, 6.07) is 5.83. The van der Waals surface area contributed by atoms with Crippen molar-refractivity contribution in [2.75, 3.05) is 6.54 Å². The van der Waals surface area contributed by atoms with Gasteiger partial charge in [0.15, 0.2) is 4.77 Å². The van der Waals surface area contributed by atoms with Crippen LogP contribution in [0.4, 0.5) is 0 Å². The van der Waals surface area contributed by atoms with Crippen molar-refractivity contribution in [2.24, 2.45) is 4.99 Å². The molecule has 0 saturated heterocycles. The Bertz CT molecular complexity index is 986. The molecule has 0 unspecified atom stereocenters. The first kappa shape index (κ1) is 14.5. The van der Waals surface area contributed by atoms with Crippen LogP contribution in [0.3, 0.4) is 0 Å². The normalized spacial score (nSPS) is 13.7. The third-order valence-electron chi connectivity index (χ3n) is 3.62. The number of aromatic amines is 1. The number of benzene rings is 1. The standard InChI is InChI=1S/C16H15N3O2S/c1-2-8-19-15(21)12(14(20)18-16(19)22)9-11-5-3-4-10-6-7-17-13(10)11/h2-5,9,21H,1,6-8H2,(H,18,20,22). The second kappa shape index (κ2) is 5.73. The maximum absolute atomic E-state index is 12.1. The van der Waals surface area contributed by atoms with Crippen molar-refractivity contribution in [1.29, 1.82) is 0 Å². The van der Waals surface area contributed by atoms with Gasteiger partial charge in [-0.2, -0.15) is 0 Å². The number of aromatic hydroxyl groups is 1. The average Bonchev–Trinajstić information content (AvgIpc) is 2.97. The molecule has 0 fully saturated rings. The first-order valence-electron chi connectivity index (χ1n) is 6.93. The number of fused-ring (bicyclic) bond motifs is 1. The van der Waals surface area contributed by atoms with E-state index >= 15 is 0 Å². The monoisotopic (exact) mass is 313 g/mol. The SMILES string of the molecule is C=CCn1c(O)c(C=c2cccc3c2=NCC3)c(=O)[nH]c1=S. The number of hydrogen-bond acceptors (Lipinski definition) is 4. The van der Waals surface area contributed by atoms with E-state index < -0.39 is 5.56 Å². The highest BCUT2D eigenvalue weighted by atomic mass is 32.1. The summed E-state index contributed by atoms with van der Waals surface area (Å²) in [5.74, 6) is -0.163. The van der Waals surface area contributed by atoms with Crippen LogP contribution in [0.5, 0.6) is 5.88 Å². The quantitative estimate of drug-likeness (QED) is 0.650. The van der Waals surface area contributed by atoms with Crippen LogP contribution in [0.2, 0.25) is 0 Å². The third-order valence-corrected chi connectivity index (χ3v) is 3.94. The predicted octanol–water partition coefficient (Wildman–Crippen LogP) is 0.802. The Hall–Kier alpha value is -2.47. The summed E-state index contributed by atoms with van der Waals surface area (Å²) >= 11 is 5.06. The predicted molar refractivity (Wildman–Crippen MR) is 87.1 cm³/mol. The van der Waals surface area contributed by atoms with Gasteiger partial charge in [0, 0.05) is 18.3 Å². The fraction of sp³-hybridized carbons (Fsp3) is 0.188.